The van der Waals surface area contributed by atoms with Gasteiger partial charge in [0, 0.05) is 35.2 Å². The molecule has 2 aromatic carbocycles. The topological polar surface area (TPSA) is 47.6 Å². The van der Waals surface area contributed by atoms with E-state index in [1.807, 2.05) is 32.0 Å². The number of carbonyl (C=O) groups excluding carboxylic acids is 1. The van der Waals surface area contributed by atoms with Crippen LogP contribution in [-0.4, -0.2) is 19.1 Å². The summed E-state index contributed by atoms with van der Waals surface area (Å²) in [4.78, 5) is 12.6. The first-order chi connectivity index (χ1) is 11.6. The standard InChI is InChI=1S/C20H21NO3/c1-12-4-3-5-17(13(12)2)21-19(22)11-16-15-7-9-23-18(15)10-14-6-8-24-20(14)16/h3-5,10H,6-9,11H2,1-2H3,(H,21,22). The van der Waals surface area contributed by atoms with Crippen LogP contribution in [0.1, 0.15) is 27.8 Å². The lowest BCUT2D eigenvalue weighted by Gasteiger charge is -2.14. The fourth-order valence-electron chi connectivity index (χ4n) is 3.51. The number of anilines is 1. The van der Waals surface area contributed by atoms with Gasteiger partial charge in [-0.15, -0.1) is 0 Å². The highest BCUT2D eigenvalue weighted by atomic mass is 16.5. The minimum absolute atomic E-state index is 0.0123. The molecule has 24 heavy (non-hydrogen) atoms. The molecular weight excluding hydrogens is 302 g/mol. The number of hydrogen-bond acceptors (Lipinski definition) is 3. The van der Waals surface area contributed by atoms with E-state index in [2.05, 4.69) is 11.4 Å². The molecule has 0 spiro atoms. The van der Waals surface area contributed by atoms with Crippen LogP contribution in [0.3, 0.4) is 0 Å². The average Bonchev–Trinajstić information content (AvgIpc) is 3.20. The van der Waals surface area contributed by atoms with Gasteiger partial charge in [-0.2, -0.15) is 0 Å². The van der Waals surface area contributed by atoms with Crippen LogP contribution in [0.5, 0.6) is 11.5 Å². The summed E-state index contributed by atoms with van der Waals surface area (Å²) in [5.41, 5.74) is 6.44. The fourth-order valence-corrected chi connectivity index (χ4v) is 3.51. The normalized spacial score (nSPS) is 14.6. The molecule has 1 N–H and O–H groups in total. The maximum Gasteiger partial charge on any atom is 0.228 e. The Bertz CT molecular complexity index is 794. The Morgan fingerprint density at radius 3 is 2.88 bits per heavy atom. The Morgan fingerprint density at radius 2 is 2.00 bits per heavy atom. The summed E-state index contributed by atoms with van der Waals surface area (Å²) in [7, 11) is 0. The zero-order valence-electron chi connectivity index (χ0n) is 14.1. The van der Waals surface area contributed by atoms with Crippen LogP contribution < -0.4 is 14.8 Å². The van der Waals surface area contributed by atoms with E-state index in [1.165, 1.54) is 5.56 Å². The SMILES string of the molecule is Cc1cccc(NC(=O)Cc2c3c(cc4c2OCC4)OCC3)c1C. The van der Waals surface area contributed by atoms with Crippen LogP contribution in [0.2, 0.25) is 0 Å². The Kier molecular flexibility index (Phi) is 3.68. The molecule has 2 aliphatic heterocycles. The molecule has 0 aromatic heterocycles. The fraction of sp³-hybridized carbons (Fsp3) is 0.350. The second-order valence-corrected chi connectivity index (χ2v) is 6.49. The first kappa shape index (κ1) is 15.1. The van der Waals surface area contributed by atoms with E-state index < -0.39 is 0 Å². The third kappa shape index (κ3) is 2.52. The number of nitrogens with one attached hydrogen (secondary N) is 1. The molecule has 0 saturated heterocycles. The van der Waals surface area contributed by atoms with Crippen LogP contribution in [-0.2, 0) is 24.1 Å². The van der Waals surface area contributed by atoms with E-state index >= 15 is 0 Å². The summed E-state index contributed by atoms with van der Waals surface area (Å²) in [6.45, 7) is 5.45. The van der Waals surface area contributed by atoms with E-state index in [-0.39, 0.29) is 5.91 Å². The molecule has 0 radical (unpaired) electrons. The van der Waals surface area contributed by atoms with E-state index in [1.54, 1.807) is 0 Å². The summed E-state index contributed by atoms with van der Waals surface area (Å²) in [5, 5.41) is 3.05. The smallest absolute Gasteiger partial charge is 0.228 e. The van der Waals surface area contributed by atoms with Gasteiger partial charge in [-0.05, 0) is 37.1 Å². The Balaban J connectivity index is 1.62. The second-order valence-electron chi connectivity index (χ2n) is 6.49. The number of amides is 1. The summed E-state index contributed by atoms with van der Waals surface area (Å²) in [6, 6.07) is 8.04. The van der Waals surface area contributed by atoms with Crippen LogP contribution in [0.25, 0.3) is 0 Å². The lowest BCUT2D eigenvalue weighted by molar-refractivity contribution is -0.115. The molecular formula is C20H21NO3. The van der Waals surface area contributed by atoms with Gasteiger partial charge in [-0.25, -0.2) is 0 Å². The van der Waals surface area contributed by atoms with Gasteiger partial charge in [-0.3, -0.25) is 4.79 Å². The van der Waals surface area contributed by atoms with Gasteiger partial charge in [0.25, 0.3) is 0 Å². The van der Waals surface area contributed by atoms with Gasteiger partial charge >= 0.3 is 0 Å². The second kappa shape index (κ2) is 5.86. The third-order valence-corrected chi connectivity index (χ3v) is 4.98. The predicted molar refractivity (Wildman–Crippen MR) is 93.1 cm³/mol. The van der Waals surface area contributed by atoms with Gasteiger partial charge in [-0.1, -0.05) is 12.1 Å². The van der Waals surface area contributed by atoms with Crippen molar-refractivity contribution in [3.05, 3.63) is 52.1 Å². The number of hydrogen-bond donors (Lipinski definition) is 1. The highest BCUT2D eigenvalue weighted by molar-refractivity contribution is 5.94. The van der Waals surface area contributed by atoms with E-state index in [4.69, 9.17) is 9.47 Å². The van der Waals surface area contributed by atoms with Crippen LogP contribution in [0.15, 0.2) is 24.3 Å². The van der Waals surface area contributed by atoms with Crippen molar-refractivity contribution >= 4 is 11.6 Å². The number of benzene rings is 2. The van der Waals surface area contributed by atoms with E-state index in [0.29, 0.717) is 19.6 Å². The number of rotatable bonds is 3. The molecule has 2 heterocycles. The highest BCUT2D eigenvalue weighted by Crippen LogP contribution is 2.40. The average molecular weight is 323 g/mol. The maximum absolute atomic E-state index is 12.6. The van der Waals surface area contributed by atoms with Crippen molar-refractivity contribution in [1.29, 1.82) is 0 Å². The van der Waals surface area contributed by atoms with Crippen LogP contribution >= 0.6 is 0 Å². The van der Waals surface area contributed by atoms with Crippen molar-refractivity contribution in [2.45, 2.75) is 33.1 Å². The van der Waals surface area contributed by atoms with Crippen molar-refractivity contribution in [2.75, 3.05) is 18.5 Å². The molecule has 1 amide bonds. The minimum atomic E-state index is -0.0123. The predicted octanol–water partition coefficient (Wildman–Crippen LogP) is 3.35. The first-order valence-corrected chi connectivity index (χ1v) is 8.43. The minimum Gasteiger partial charge on any atom is -0.493 e. The summed E-state index contributed by atoms with van der Waals surface area (Å²) in [5.74, 6) is 1.81. The van der Waals surface area contributed by atoms with Crippen molar-refractivity contribution in [3.8, 4) is 11.5 Å². The van der Waals surface area contributed by atoms with Crippen molar-refractivity contribution in [1.82, 2.24) is 0 Å². The van der Waals surface area contributed by atoms with Crippen molar-refractivity contribution < 1.29 is 14.3 Å². The lowest BCUT2D eigenvalue weighted by atomic mass is 9.97. The molecule has 0 fully saturated rings. The quantitative estimate of drug-likeness (QED) is 0.942. The molecule has 4 rings (SSSR count). The lowest BCUT2D eigenvalue weighted by Crippen LogP contribution is -2.16. The molecule has 124 valence electrons. The monoisotopic (exact) mass is 323 g/mol. The van der Waals surface area contributed by atoms with Gasteiger partial charge in [0.05, 0.1) is 19.6 Å². The van der Waals surface area contributed by atoms with E-state index in [0.717, 1.165) is 52.3 Å². The highest BCUT2D eigenvalue weighted by Gasteiger charge is 2.27. The summed E-state index contributed by atoms with van der Waals surface area (Å²) in [6.07, 6.45) is 2.05. The van der Waals surface area contributed by atoms with E-state index in [9.17, 15) is 4.79 Å². The summed E-state index contributed by atoms with van der Waals surface area (Å²) >= 11 is 0. The van der Waals surface area contributed by atoms with Gasteiger partial charge in [0.2, 0.25) is 5.91 Å². The van der Waals surface area contributed by atoms with Gasteiger partial charge in [0.15, 0.2) is 0 Å². The molecule has 4 nitrogen and oxygen atoms in total. The number of fused-ring (bicyclic) bond motifs is 2. The first-order valence-electron chi connectivity index (χ1n) is 8.43. The van der Waals surface area contributed by atoms with Crippen molar-refractivity contribution in [3.63, 3.8) is 0 Å². The Labute approximate surface area is 141 Å². The molecule has 2 aliphatic rings. The Morgan fingerprint density at radius 1 is 1.17 bits per heavy atom. The van der Waals surface area contributed by atoms with Gasteiger partial charge < -0.3 is 14.8 Å². The number of ether oxygens (including phenoxy) is 2. The molecule has 0 unspecified atom stereocenters. The molecule has 0 saturated carbocycles. The molecule has 0 bridgehead atoms. The molecule has 0 aliphatic carbocycles. The maximum atomic E-state index is 12.6. The van der Waals surface area contributed by atoms with Gasteiger partial charge in [0.1, 0.15) is 11.5 Å². The largest absolute Gasteiger partial charge is 0.493 e. The van der Waals surface area contributed by atoms with Crippen LogP contribution in [0, 0.1) is 13.8 Å². The molecule has 4 heteroatoms. The third-order valence-electron chi connectivity index (χ3n) is 4.98. The molecule has 0 atom stereocenters. The van der Waals surface area contributed by atoms with Crippen molar-refractivity contribution in [2.24, 2.45) is 0 Å². The zero-order chi connectivity index (χ0) is 16.7. The number of carbonyl (C=O) groups is 1. The molecule has 2 aromatic rings. The number of aryl methyl sites for hydroxylation is 1. The van der Waals surface area contributed by atoms with Crippen LogP contribution in [0.4, 0.5) is 5.69 Å². The zero-order valence-corrected chi connectivity index (χ0v) is 14.1. The summed E-state index contributed by atoms with van der Waals surface area (Å²) < 4.78 is 11.5. The Hall–Kier alpha value is -2.49.